The number of amides is 1. The van der Waals surface area contributed by atoms with Crippen LogP contribution in [0.5, 0.6) is 5.75 Å². The minimum absolute atomic E-state index is 0.0411. The van der Waals surface area contributed by atoms with Gasteiger partial charge in [-0.05, 0) is 29.8 Å². The number of benzene rings is 2. The lowest BCUT2D eigenvalue weighted by Gasteiger charge is -2.15. The van der Waals surface area contributed by atoms with Crippen molar-refractivity contribution in [1.82, 2.24) is 4.31 Å². The molecule has 1 unspecified atom stereocenters. The van der Waals surface area contributed by atoms with E-state index in [1.807, 2.05) is 0 Å². The molecule has 0 N–H and O–H groups in total. The van der Waals surface area contributed by atoms with Crippen molar-refractivity contribution in [2.75, 3.05) is 20.3 Å². The first-order valence-electron chi connectivity index (χ1n) is 8.58. The first-order chi connectivity index (χ1) is 13.8. The molecular formula is C19H18F2N2O5S. The van der Waals surface area contributed by atoms with Gasteiger partial charge in [-0.2, -0.15) is 8.78 Å². The van der Waals surface area contributed by atoms with Crippen LogP contribution >= 0.6 is 0 Å². The second kappa shape index (κ2) is 8.66. The summed E-state index contributed by atoms with van der Waals surface area (Å²) in [6.07, 6.45) is 0. The number of sulfonamides is 1. The van der Waals surface area contributed by atoms with Gasteiger partial charge in [0.15, 0.2) is 5.25 Å². The Hall–Kier alpha value is -2.85. The second-order valence-corrected chi connectivity index (χ2v) is 8.02. The number of hydrogen-bond acceptors (Lipinski definition) is 6. The fourth-order valence-electron chi connectivity index (χ4n) is 2.93. The number of alkyl halides is 2. The van der Waals surface area contributed by atoms with Gasteiger partial charge in [0.2, 0.25) is 0 Å². The van der Waals surface area contributed by atoms with Crippen molar-refractivity contribution in [3.05, 3.63) is 60.2 Å². The molecule has 1 atom stereocenters. The largest absolute Gasteiger partial charge is 0.435 e. The lowest BCUT2D eigenvalue weighted by Crippen LogP contribution is -2.33. The van der Waals surface area contributed by atoms with Crippen molar-refractivity contribution in [3.63, 3.8) is 0 Å². The molecule has 2 aromatic rings. The lowest BCUT2D eigenvalue weighted by molar-refractivity contribution is -0.119. The fourth-order valence-corrected chi connectivity index (χ4v) is 4.78. The maximum absolute atomic E-state index is 13.1. The average Bonchev–Trinajstić information content (AvgIpc) is 2.87. The molecule has 0 saturated carbocycles. The summed E-state index contributed by atoms with van der Waals surface area (Å²) < 4.78 is 60.6. The van der Waals surface area contributed by atoms with Gasteiger partial charge >= 0.3 is 6.61 Å². The van der Waals surface area contributed by atoms with E-state index in [9.17, 15) is 22.0 Å². The van der Waals surface area contributed by atoms with E-state index in [1.165, 1.54) is 31.4 Å². The standard InChI is InChI=1S/C19H18F2N2O5S/c1-27-12-11-23-18(24)16(17(29(23,25)26)13-5-3-2-4-6-13)22-14-7-9-15(10-8-14)28-19(20)21/h2-10,17,19H,11-12H2,1H3. The lowest BCUT2D eigenvalue weighted by atomic mass is 10.1. The Bertz CT molecular complexity index is 995. The first-order valence-corrected chi connectivity index (χ1v) is 10.1. The van der Waals surface area contributed by atoms with Crippen LogP contribution in [0.3, 0.4) is 0 Å². The van der Waals surface area contributed by atoms with Crippen molar-refractivity contribution in [2.45, 2.75) is 11.9 Å². The van der Waals surface area contributed by atoms with Crippen LogP contribution in [-0.2, 0) is 19.6 Å². The molecule has 10 heteroatoms. The van der Waals surface area contributed by atoms with Crippen molar-refractivity contribution < 1.29 is 31.5 Å². The van der Waals surface area contributed by atoms with Crippen LogP contribution in [0.4, 0.5) is 14.5 Å². The Kier molecular flexibility index (Phi) is 6.23. The molecule has 0 aliphatic carbocycles. The van der Waals surface area contributed by atoms with E-state index in [0.717, 1.165) is 4.31 Å². The highest BCUT2D eigenvalue weighted by atomic mass is 32.2. The van der Waals surface area contributed by atoms with Gasteiger partial charge in [0.25, 0.3) is 15.9 Å². The number of methoxy groups -OCH3 is 1. The number of carbonyl (C=O) groups is 1. The van der Waals surface area contributed by atoms with Crippen LogP contribution in [-0.4, -0.2) is 51.2 Å². The van der Waals surface area contributed by atoms with Gasteiger partial charge < -0.3 is 9.47 Å². The molecule has 3 rings (SSSR count). The van der Waals surface area contributed by atoms with Gasteiger partial charge in [-0.3, -0.25) is 4.79 Å². The summed E-state index contributed by atoms with van der Waals surface area (Å²) in [6, 6.07) is 13.5. The number of nitrogens with zero attached hydrogens (tertiary/aromatic N) is 2. The Morgan fingerprint density at radius 1 is 1.10 bits per heavy atom. The van der Waals surface area contributed by atoms with E-state index in [-0.39, 0.29) is 30.3 Å². The van der Waals surface area contributed by atoms with Crippen LogP contribution in [0.25, 0.3) is 0 Å². The molecule has 0 radical (unpaired) electrons. The molecule has 1 fully saturated rings. The minimum Gasteiger partial charge on any atom is -0.435 e. The van der Waals surface area contributed by atoms with Gasteiger partial charge in [0, 0.05) is 7.11 Å². The Morgan fingerprint density at radius 2 is 1.76 bits per heavy atom. The highest BCUT2D eigenvalue weighted by molar-refractivity contribution is 7.91. The van der Waals surface area contributed by atoms with Gasteiger partial charge in [0.05, 0.1) is 18.8 Å². The number of aliphatic imine (C=N–C) groups is 1. The van der Waals surface area contributed by atoms with Crippen molar-refractivity contribution >= 4 is 27.3 Å². The van der Waals surface area contributed by atoms with E-state index in [2.05, 4.69) is 9.73 Å². The molecular weight excluding hydrogens is 406 g/mol. The van der Waals surface area contributed by atoms with Crippen molar-refractivity contribution in [2.24, 2.45) is 4.99 Å². The quantitative estimate of drug-likeness (QED) is 0.682. The van der Waals surface area contributed by atoms with Gasteiger partial charge in [-0.15, -0.1) is 0 Å². The first kappa shape index (κ1) is 20.9. The molecule has 0 aromatic heterocycles. The summed E-state index contributed by atoms with van der Waals surface area (Å²) in [5.74, 6) is -0.820. The third-order valence-corrected chi connectivity index (χ3v) is 6.27. The van der Waals surface area contributed by atoms with E-state index in [4.69, 9.17) is 4.74 Å². The number of carbonyl (C=O) groups excluding carboxylic acids is 1. The summed E-state index contributed by atoms with van der Waals surface area (Å²) in [4.78, 5) is 17.1. The van der Waals surface area contributed by atoms with Crippen molar-refractivity contribution in [1.29, 1.82) is 0 Å². The highest BCUT2D eigenvalue weighted by Gasteiger charge is 2.50. The summed E-state index contributed by atoms with van der Waals surface area (Å²) in [7, 11) is -2.64. The van der Waals surface area contributed by atoms with Crippen LogP contribution in [0.15, 0.2) is 59.6 Å². The predicted molar refractivity (Wildman–Crippen MR) is 102 cm³/mol. The van der Waals surface area contributed by atoms with Gasteiger partial charge in [0.1, 0.15) is 11.5 Å². The third-order valence-electron chi connectivity index (χ3n) is 4.21. The predicted octanol–water partition coefficient (Wildman–Crippen LogP) is 2.92. The van der Waals surface area contributed by atoms with Crippen LogP contribution in [0.1, 0.15) is 10.8 Å². The molecule has 1 heterocycles. The molecule has 1 amide bonds. The van der Waals surface area contributed by atoms with Crippen LogP contribution in [0.2, 0.25) is 0 Å². The smallest absolute Gasteiger partial charge is 0.387 e. The molecule has 2 aromatic carbocycles. The van der Waals surface area contributed by atoms with Crippen LogP contribution < -0.4 is 4.74 Å². The molecule has 154 valence electrons. The van der Waals surface area contributed by atoms with Gasteiger partial charge in [-0.25, -0.2) is 17.7 Å². The third kappa shape index (κ3) is 4.43. The number of halogens is 2. The van der Waals surface area contributed by atoms with Gasteiger partial charge in [-0.1, -0.05) is 30.3 Å². The summed E-state index contributed by atoms with van der Waals surface area (Å²) in [5.41, 5.74) is 0.465. The van der Waals surface area contributed by atoms with E-state index in [1.54, 1.807) is 30.3 Å². The number of ether oxygens (including phenoxy) is 2. The molecule has 0 spiro atoms. The molecule has 29 heavy (non-hydrogen) atoms. The zero-order valence-corrected chi connectivity index (χ0v) is 16.2. The number of rotatable bonds is 7. The topological polar surface area (TPSA) is 85.3 Å². The highest BCUT2D eigenvalue weighted by Crippen LogP contribution is 2.36. The van der Waals surface area contributed by atoms with E-state index in [0.29, 0.717) is 5.56 Å². The SMILES string of the molecule is COCCN1C(=O)C(=Nc2ccc(OC(F)F)cc2)C(c2ccccc2)S1(=O)=O. The molecule has 1 aliphatic rings. The maximum Gasteiger partial charge on any atom is 0.387 e. The fraction of sp³-hybridized carbons (Fsp3) is 0.263. The minimum atomic E-state index is -4.05. The molecule has 1 saturated heterocycles. The van der Waals surface area contributed by atoms with Crippen molar-refractivity contribution in [3.8, 4) is 5.75 Å². The second-order valence-electron chi connectivity index (χ2n) is 6.08. The van der Waals surface area contributed by atoms with E-state index < -0.39 is 27.8 Å². The normalized spacial score (nSPS) is 19.9. The Morgan fingerprint density at radius 3 is 2.34 bits per heavy atom. The molecule has 1 aliphatic heterocycles. The summed E-state index contributed by atoms with van der Waals surface area (Å²) >= 11 is 0. The monoisotopic (exact) mass is 424 g/mol. The Balaban J connectivity index is 2.03. The molecule has 7 nitrogen and oxygen atoms in total. The number of hydrogen-bond donors (Lipinski definition) is 0. The summed E-state index contributed by atoms with van der Waals surface area (Å²) in [6.45, 7) is -3.06. The summed E-state index contributed by atoms with van der Waals surface area (Å²) in [5, 5.41) is -1.27. The Labute approximate surface area is 166 Å². The maximum atomic E-state index is 13.1. The average molecular weight is 424 g/mol. The zero-order chi connectivity index (χ0) is 21.0. The van der Waals surface area contributed by atoms with E-state index >= 15 is 0 Å². The molecule has 0 bridgehead atoms. The zero-order valence-electron chi connectivity index (χ0n) is 15.4. The van der Waals surface area contributed by atoms with Crippen LogP contribution in [0, 0.1) is 0 Å².